The van der Waals surface area contributed by atoms with Crippen molar-refractivity contribution in [3.8, 4) is 5.75 Å². The number of hydrogen-bond donors (Lipinski definition) is 1. The Labute approximate surface area is 133 Å². The molecule has 1 aliphatic rings. The van der Waals surface area contributed by atoms with Crippen LogP contribution in [0.15, 0.2) is 18.2 Å². The monoisotopic (exact) mass is 305 g/mol. The number of para-hydroxylation sites is 1. The lowest BCUT2D eigenvalue weighted by Crippen LogP contribution is -2.58. The number of hydrogen-bond acceptors (Lipinski definition) is 3. The molecule has 0 saturated carbocycles. The van der Waals surface area contributed by atoms with E-state index in [0.717, 1.165) is 17.9 Å². The maximum Gasteiger partial charge on any atom is 0.326 e. The van der Waals surface area contributed by atoms with Crippen molar-refractivity contribution in [2.75, 3.05) is 12.0 Å². The summed E-state index contributed by atoms with van der Waals surface area (Å²) in [6, 6.07) is 5.41. The molecule has 1 N–H and O–H groups in total. The van der Waals surface area contributed by atoms with Gasteiger partial charge in [-0.15, -0.1) is 0 Å². The number of methoxy groups -OCH3 is 1. The lowest BCUT2D eigenvalue weighted by molar-refractivity contribution is -0.140. The Morgan fingerprint density at radius 2 is 2.05 bits per heavy atom. The highest BCUT2D eigenvalue weighted by atomic mass is 16.5. The lowest BCUT2D eigenvalue weighted by atomic mass is 9.78. The number of fused-ring (bicyclic) bond motifs is 1. The van der Waals surface area contributed by atoms with Gasteiger partial charge in [-0.25, -0.2) is 4.79 Å². The first-order valence-electron chi connectivity index (χ1n) is 7.89. The number of carboxylic acids is 1. The summed E-state index contributed by atoms with van der Waals surface area (Å²) in [5, 5.41) is 9.80. The van der Waals surface area contributed by atoms with Crippen LogP contribution < -0.4 is 9.64 Å². The van der Waals surface area contributed by atoms with Crippen molar-refractivity contribution >= 4 is 11.7 Å². The molecule has 0 bridgehead atoms. The van der Waals surface area contributed by atoms with Gasteiger partial charge in [0.25, 0.3) is 0 Å². The van der Waals surface area contributed by atoms with Crippen molar-refractivity contribution in [2.24, 2.45) is 5.92 Å². The van der Waals surface area contributed by atoms with E-state index in [0.29, 0.717) is 5.92 Å². The van der Waals surface area contributed by atoms with E-state index in [1.807, 2.05) is 26.0 Å². The maximum atomic E-state index is 11.9. The number of anilines is 1. The van der Waals surface area contributed by atoms with Crippen molar-refractivity contribution in [1.29, 1.82) is 0 Å². The first kappa shape index (κ1) is 16.7. The molecule has 0 amide bonds. The first-order chi connectivity index (χ1) is 10.2. The minimum Gasteiger partial charge on any atom is -0.495 e. The lowest BCUT2D eigenvalue weighted by Gasteiger charge is -2.51. The predicted molar refractivity (Wildman–Crippen MR) is 88.8 cm³/mol. The quantitative estimate of drug-likeness (QED) is 0.916. The van der Waals surface area contributed by atoms with E-state index < -0.39 is 12.0 Å². The number of nitrogens with zero attached hydrogens (tertiary/aromatic N) is 1. The molecular weight excluding hydrogens is 278 g/mol. The van der Waals surface area contributed by atoms with E-state index in [-0.39, 0.29) is 11.5 Å². The summed E-state index contributed by atoms with van der Waals surface area (Å²) in [6.07, 6.45) is 0.920. The predicted octanol–water partition coefficient (Wildman–Crippen LogP) is 3.90. The number of carboxylic acid groups (broad SMARTS) is 1. The van der Waals surface area contributed by atoms with E-state index >= 15 is 0 Å². The molecule has 1 aromatic carbocycles. The largest absolute Gasteiger partial charge is 0.495 e. The van der Waals surface area contributed by atoms with Gasteiger partial charge in [0, 0.05) is 5.54 Å². The topological polar surface area (TPSA) is 49.8 Å². The molecule has 0 spiro atoms. The van der Waals surface area contributed by atoms with E-state index in [1.54, 1.807) is 7.11 Å². The second-order valence-corrected chi connectivity index (χ2v) is 7.21. The standard InChI is InChI=1S/C18H27NO3/c1-11(2)15(17(20)21)19-16-13(8-7-9-14(16)22-6)12(3)10-18(19,4)5/h7-9,11-12,15H,10H2,1-6H3,(H,20,21)/t12-,15+/m0/s1. The molecule has 4 heteroatoms. The number of ether oxygens (including phenoxy) is 1. The van der Waals surface area contributed by atoms with E-state index in [4.69, 9.17) is 4.74 Å². The molecule has 2 rings (SSSR count). The first-order valence-corrected chi connectivity index (χ1v) is 7.89. The molecule has 0 aromatic heterocycles. The third-order valence-corrected chi connectivity index (χ3v) is 4.64. The molecule has 4 nitrogen and oxygen atoms in total. The van der Waals surface area contributed by atoms with E-state index in [2.05, 4.69) is 31.7 Å². The fraction of sp³-hybridized carbons (Fsp3) is 0.611. The summed E-state index contributed by atoms with van der Waals surface area (Å²) in [5.74, 6) is 0.347. The van der Waals surface area contributed by atoms with Crippen LogP contribution in [-0.4, -0.2) is 29.8 Å². The number of benzene rings is 1. The van der Waals surface area contributed by atoms with Gasteiger partial charge in [-0.1, -0.05) is 32.9 Å². The fourth-order valence-corrected chi connectivity index (χ4v) is 3.83. The van der Waals surface area contributed by atoms with Gasteiger partial charge in [0.1, 0.15) is 11.8 Å². The van der Waals surface area contributed by atoms with Crippen LogP contribution in [0.25, 0.3) is 0 Å². The van der Waals surface area contributed by atoms with Gasteiger partial charge < -0.3 is 14.7 Å². The highest BCUT2D eigenvalue weighted by Crippen LogP contribution is 2.49. The molecule has 0 fully saturated rings. The minimum absolute atomic E-state index is 0.00273. The zero-order chi connectivity index (χ0) is 16.7. The van der Waals surface area contributed by atoms with Crippen LogP contribution in [-0.2, 0) is 4.79 Å². The molecule has 0 saturated heterocycles. The normalized spacial score (nSPS) is 21.4. The summed E-state index contributed by atoms with van der Waals surface area (Å²) in [6.45, 7) is 10.4. The molecule has 122 valence electrons. The summed E-state index contributed by atoms with van der Waals surface area (Å²) >= 11 is 0. The highest BCUT2D eigenvalue weighted by molar-refractivity contribution is 5.82. The Balaban J connectivity index is 2.71. The molecule has 2 atom stereocenters. The van der Waals surface area contributed by atoms with Crippen molar-refractivity contribution in [3.63, 3.8) is 0 Å². The second kappa shape index (κ2) is 5.82. The van der Waals surface area contributed by atoms with Crippen molar-refractivity contribution in [2.45, 2.75) is 58.5 Å². The number of aliphatic carboxylic acids is 1. The smallest absolute Gasteiger partial charge is 0.326 e. The summed E-state index contributed by atoms with van der Waals surface area (Å²) in [5.41, 5.74) is 1.87. The van der Waals surface area contributed by atoms with Crippen LogP contribution in [0, 0.1) is 5.92 Å². The van der Waals surface area contributed by atoms with Crippen LogP contribution in [0.5, 0.6) is 5.75 Å². The Bertz CT molecular complexity index is 565. The van der Waals surface area contributed by atoms with Crippen molar-refractivity contribution < 1.29 is 14.6 Å². The van der Waals surface area contributed by atoms with Gasteiger partial charge in [0.15, 0.2) is 0 Å². The molecular formula is C18H27NO3. The molecule has 0 radical (unpaired) electrons. The Morgan fingerprint density at radius 3 is 2.55 bits per heavy atom. The van der Waals surface area contributed by atoms with Crippen LogP contribution in [0.2, 0.25) is 0 Å². The molecule has 1 aliphatic heterocycles. The van der Waals surface area contributed by atoms with Crippen LogP contribution in [0.1, 0.15) is 52.5 Å². The van der Waals surface area contributed by atoms with Crippen LogP contribution >= 0.6 is 0 Å². The third-order valence-electron chi connectivity index (χ3n) is 4.64. The van der Waals surface area contributed by atoms with Crippen LogP contribution in [0.3, 0.4) is 0 Å². The zero-order valence-electron chi connectivity index (χ0n) is 14.4. The van der Waals surface area contributed by atoms with E-state index in [9.17, 15) is 9.90 Å². The summed E-state index contributed by atoms with van der Waals surface area (Å²) in [7, 11) is 1.64. The second-order valence-electron chi connectivity index (χ2n) is 7.21. The van der Waals surface area contributed by atoms with Gasteiger partial charge in [0.2, 0.25) is 0 Å². The Kier molecular flexibility index (Phi) is 4.41. The summed E-state index contributed by atoms with van der Waals surface area (Å²) < 4.78 is 5.56. The Morgan fingerprint density at radius 1 is 1.41 bits per heavy atom. The molecule has 22 heavy (non-hydrogen) atoms. The Hall–Kier alpha value is -1.71. The SMILES string of the molecule is COc1cccc2c1N([C@@H](C(=O)O)C(C)C)C(C)(C)C[C@@H]2C. The number of rotatable bonds is 4. The third kappa shape index (κ3) is 2.67. The number of carbonyl (C=O) groups is 1. The van der Waals surface area contributed by atoms with Gasteiger partial charge in [-0.05, 0) is 43.7 Å². The van der Waals surface area contributed by atoms with Gasteiger partial charge in [0.05, 0.1) is 12.8 Å². The zero-order valence-corrected chi connectivity index (χ0v) is 14.4. The van der Waals surface area contributed by atoms with Crippen molar-refractivity contribution in [3.05, 3.63) is 23.8 Å². The van der Waals surface area contributed by atoms with Gasteiger partial charge in [-0.3, -0.25) is 0 Å². The van der Waals surface area contributed by atoms with E-state index in [1.165, 1.54) is 5.56 Å². The van der Waals surface area contributed by atoms with Gasteiger partial charge in [-0.2, -0.15) is 0 Å². The average molecular weight is 305 g/mol. The molecule has 1 heterocycles. The highest BCUT2D eigenvalue weighted by Gasteiger charge is 2.44. The molecule has 0 unspecified atom stereocenters. The average Bonchev–Trinajstić information content (AvgIpc) is 2.41. The maximum absolute atomic E-state index is 11.9. The van der Waals surface area contributed by atoms with Gasteiger partial charge >= 0.3 is 5.97 Å². The minimum atomic E-state index is -0.783. The van der Waals surface area contributed by atoms with Crippen molar-refractivity contribution in [1.82, 2.24) is 0 Å². The summed E-state index contributed by atoms with van der Waals surface area (Å²) in [4.78, 5) is 14.0. The fourth-order valence-electron chi connectivity index (χ4n) is 3.83. The molecule has 0 aliphatic carbocycles. The van der Waals surface area contributed by atoms with Crippen LogP contribution in [0.4, 0.5) is 5.69 Å². The molecule has 1 aromatic rings.